The molecule has 4 heteroatoms. The van der Waals surface area contributed by atoms with E-state index in [0.717, 1.165) is 12.8 Å². The van der Waals surface area contributed by atoms with E-state index in [1.165, 1.54) is 0 Å². The van der Waals surface area contributed by atoms with Crippen LogP contribution in [0.4, 0.5) is 0 Å². The van der Waals surface area contributed by atoms with Crippen molar-refractivity contribution in [3.8, 4) is 0 Å². The molecule has 0 saturated heterocycles. The van der Waals surface area contributed by atoms with Gasteiger partial charge in [-0.05, 0) is 39.7 Å². The maximum Gasteiger partial charge on any atom is 0.321 e. The Labute approximate surface area is 91.2 Å². The number of ether oxygens (including phenoxy) is 1. The topological polar surface area (TPSA) is 49.8 Å². The summed E-state index contributed by atoms with van der Waals surface area (Å²) >= 11 is 0. The highest BCUT2D eigenvalue weighted by molar-refractivity contribution is 5.74. The third-order valence-corrected chi connectivity index (χ3v) is 2.69. The third-order valence-electron chi connectivity index (χ3n) is 2.69. The summed E-state index contributed by atoms with van der Waals surface area (Å²) in [5.41, 5.74) is 0. The van der Waals surface area contributed by atoms with E-state index in [9.17, 15) is 4.79 Å². The predicted octanol–water partition coefficient (Wildman–Crippen LogP) is 1.21. The average Bonchev–Trinajstić information content (AvgIpc) is 2.87. The molecule has 88 valence electrons. The van der Waals surface area contributed by atoms with Crippen LogP contribution in [0, 0.1) is 5.92 Å². The normalized spacial score (nSPS) is 18.5. The molecule has 1 aliphatic rings. The lowest BCUT2D eigenvalue weighted by Gasteiger charge is -2.24. The molecule has 0 spiro atoms. The van der Waals surface area contributed by atoms with Gasteiger partial charge in [0.05, 0.1) is 12.7 Å². The summed E-state index contributed by atoms with van der Waals surface area (Å²) in [5.74, 6) is -0.351. The van der Waals surface area contributed by atoms with Crippen molar-refractivity contribution in [1.82, 2.24) is 4.90 Å². The van der Waals surface area contributed by atoms with Gasteiger partial charge in [0.1, 0.15) is 6.04 Å². The largest absolute Gasteiger partial charge is 0.480 e. The number of aliphatic carboxylic acids is 1. The number of carboxylic acid groups (broad SMARTS) is 1. The van der Waals surface area contributed by atoms with Gasteiger partial charge in [0.15, 0.2) is 0 Å². The van der Waals surface area contributed by atoms with Gasteiger partial charge in [0, 0.05) is 6.54 Å². The van der Waals surface area contributed by atoms with Crippen LogP contribution in [-0.2, 0) is 9.53 Å². The molecule has 0 aliphatic heterocycles. The number of carboxylic acids is 1. The van der Waals surface area contributed by atoms with Crippen molar-refractivity contribution in [3.05, 3.63) is 0 Å². The Morgan fingerprint density at radius 2 is 2.13 bits per heavy atom. The highest BCUT2D eigenvalue weighted by atomic mass is 16.5. The summed E-state index contributed by atoms with van der Waals surface area (Å²) in [4.78, 5) is 12.9. The molecule has 1 aliphatic carbocycles. The lowest BCUT2D eigenvalue weighted by atomic mass is 10.1. The van der Waals surface area contributed by atoms with E-state index in [4.69, 9.17) is 9.84 Å². The molecule has 15 heavy (non-hydrogen) atoms. The van der Waals surface area contributed by atoms with Gasteiger partial charge in [-0.2, -0.15) is 0 Å². The fraction of sp³-hybridized carbons (Fsp3) is 0.909. The van der Waals surface area contributed by atoms with E-state index in [-0.39, 0.29) is 12.1 Å². The van der Waals surface area contributed by atoms with Crippen LogP contribution in [0.25, 0.3) is 0 Å². The Morgan fingerprint density at radius 1 is 1.53 bits per heavy atom. The molecule has 0 heterocycles. The van der Waals surface area contributed by atoms with Crippen molar-refractivity contribution < 1.29 is 14.6 Å². The van der Waals surface area contributed by atoms with E-state index < -0.39 is 5.97 Å². The maximum absolute atomic E-state index is 11.0. The summed E-state index contributed by atoms with van der Waals surface area (Å²) < 4.78 is 5.41. The summed E-state index contributed by atoms with van der Waals surface area (Å²) in [5, 5.41) is 9.08. The second-order valence-corrected chi connectivity index (χ2v) is 4.52. The van der Waals surface area contributed by atoms with E-state index in [1.54, 1.807) is 0 Å². The van der Waals surface area contributed by atoms with Crippen molar-refractivity contribution in [2.45, 2.75) is 38.8 Å². The molecule has 0 aromatic carbocycles. The van der Waals surface area contributed by atoms with Gasteiger partial charge < -0.3 is 9.84 Å². The minimum absolute atomic E-state index is 0.211. The molecule has 1 rings (SSSR count). The Bertz CT molecular complexity index is 214. The highest BCUT2D eigenvalue weighted by Crippen LogP contribution is 2.34. The summed E-state index contributed by atoms with van der Waals surface area (Å²) in [6, 6.07) is -0.319. The van der Waals surface area contributed by atoms with Crippen LogP contribution in [0.2, 0.25) is 0 Å². The Kier molecular flexibility index (Phi) is 4.54. The molecular formula is C11H21NO3. The maximum atomic E-state index is 11.0. The van der Waals surface area contributed by atoms with Crippen LogP contribution < -0.4 is 0 Å². The van der Waals surface area contributed by atoms with Crippen molar-refractivity contribution >= 4 is 5.97 Å². The van der Waals surface area contributed by atoms with E-state index in [2.05, 4.69) is 0 Å². The van der Waals surface area contributed by atoms with E-state index in [1.807, 2.05) is 25.8 Å². The fourth-order valence-electron chi connectivity index (χ4n) is 1.73. The first-order valence-corrected chi connectivity index (χ1v) is 5.57. The number of nitrogens with zero attached hydrogens (tertiary/aromatic N) is 1. The molecule has 4 nitrogen and oxygen atoms in total. The number of likely N-dealkylation sites (N-methyl/N-ethyl adjacent to an activating group) is 1. The third kappa shape index (κ3) is 4.18. The molecular weight excluding hydrogens is 194 g/mol. The zero-order valence-electron chi connectivity index (χ0n) is 9.77. The molecule has 1 atom stereocenters. The van der Waals surface area contributed by atoms with Gasteiger partial charge in [-0.3, -0.25) is 9.69 Å². The molecule has 1 saturated carbocycles. The summed E-state index contributed by atoms with van der Waals surface area (Å²) in [6.07, 6.45) is 2.31. The van der Waals surface area contributed by atoms with Crippen LogP contribution in [-0.4, -0.2) is 48.3 Å². The van der Waals surface area contributed by atoms with Crippen molar-refractivity contribution in [1.29, 1.82) is 0 Å². The minimum atomic E-state index is -0.704. The van der Waals surface area contributed by atoms with Crippen LogP contribution in [0.1, 0.15) is 26.7 Å². The smallest absolute Gasteiger partial charge is 0.321 e. The summed E-state index contributed by atoms with van der Waals surface area (Å²) in [7, 11) is 1.86. The zero-order valence-corrected chi connectivity index (χ0v) is 9.77. The zero-order chi connectivity index (χ0) is 11.4. The van der Waals surface area contributed by atoms with Crippen LogP contribution >= 0.6 is 0 Å². The number of hydrogen-bond donors (Lipinski definition) is 1. The molecule has 0 aromatic heterocycles. The van der Waals surface area contributed by atoms with Crippen LogP contribution in [0.5, 0.6) is 0 Å². The van der Waals surface area contributed by atoms with Gasteiger partial charge in [-0.1, -0.05) is 0 Å². The van der Waals surface area contributed by atoms with Crippen molar-refractivity contribution in [3.63, 3.8) is 0 Å². The van der Waals surface area contributed by atoms with Gasteiger partial charge in [-0.25, -0.2) is 0 Å². The van der Waals surface area contributed by atoms with Gasteiger partial charge in [0.25, 0.3) is 0 Å². The molecule has 1 unspecified atom stereocenters. The number of hydrogen-bond acceptors (Lipinski definition) is 3. The predicted molar refractivity (Wildman–Crippen MR) is 57.9 cm³/mol. The highest BCUT2D eigenvalue weighted by Gasteiger charge is 2.38. The van der Waals surface area contributed by atoms with Gasteiger partial charge >= 0.3 is 5.97 Å². The first kappa shape index (κ1) is 12.5. The molecule has 0 radical (unpaired) electrons. The number of rotatable bonds is 7. The molecule has 1 N–H and O–H groups in total. The lowest BCUT2D eigenvalue weighted by Crippen LogP contribution is -2.42. The minimum Gasteiger partial charge on any atom is -0.480 e. The average molecular weight is 215 g/mol. The molecule has 0 aromatic rings. The van der Waals surface area contributed by atoms with Crippen LogP contribution in [0.3, 0.4) is 0 Å². The van der Waals surface area contributed by atoms with E-state index in [0.29, 0.717) is 19.1 Å². The van der Waals surface area contributed by atoms with E-state index >= 15 is 0 Å². The Morgan fingerprint density at radius 3 is 2.53 bits per heavy atom. The van der Waals surface area contributed by atoms with Crippen LogP contribution in [0.15, 0.2) is 0 Å². The second kappa shape index (κ2) is 5.47. The lowest BCUT2D eigenvalue weighted by molar-refractivity contribution is -0.143. The SMILES string of the molecule is CC(C)OCCN(C)C(C(=O)O)C1CC1. The quantitative estimate of drug-likeness (QED) is 0.693. The Hall–Kier alpha value is -0.610. The molecule has 0 bridgehead atoms. The monoisotopic (exact) mass is 215 g/mol. The standard InChI is InChI=1S/C11H21NO3/c1-8(2)15-7-6-12(3)10(11(13)14)9-4-5-9/h8-10H,4-7H2,1-3H3,(H,13,14). The van der Waals surface area contributed by atoms with Gasteiger partial charge in [-0.15, -0.1) is 0 Å². The first-order valence-electron chi connectivity index (χ1n) is 5.57. The van der Waals surface area contributed by atoms with Crippen molar-refractivity contribution in [2.75, 3.05) is 20.2 Å². The van der Waals surface area contributed by atoms with Gasteiger partial charge in [0.2, 0.25) is 0 Å². The fourth-order valence-corrected chi connectivity index (χ4v) is 1.73. The number of carbonyl (C=O) groups is 1. The second-order valence-electron chi connectivity index (χ2n) is 4.52. The first-order chi connectivity index (χ1) is 7.02. The molecule has 1 fully saturated rings. The molecule has 0 amide bonds. The summed E-state index contributed by atoms with van der Waals surface area (Å²) in [6.45, 7) is 5.25. The Balaban J connectivity index is 2.29. The van der Waals surface area contributed by atoms with Crippen molar-refractivity contribution in [2.24, 2.45) is 5.92 Å².